The fourth-order valence-corrected chi connectivity index (χ4v) is 2.60. The van der Waals surface area contributed by atoms with E-state index in [-0.39, 0.29) is 5.56 Å². The Kier molecular flexibility index (Phi) is 6.04. The molecule has 1 atom stereocenters. The molecule has 1 aromatic heterocycles. The number of aliphatic carboxylic acids is 1. The Balaban J connectivity index is 2.45. The highest BCUT2D eigenvalue weighted by Crippen LogP contribution is 2.20. The number of rotatable bonds is 8. The molecule has 6 nitrogen and oxygen atoms in total. The quantitative estimate of drug-likeness (QED) is 0.376. The average molecular weight is 285 g/mol. The highest BCUT2D eigenvalue weighted by molar-refractivity contribution is 7.99. The molecule has 1 unspecified atom stereocenters. The van der Waals surface area contributed by atoms with Crippen LogP contribution < -0.4 is 10.9 Å². The van der Waals surface area contributed by atoms with Gasteiger partial charge in [0.05, 0.1) is 0 Å². The van der Waals surface area contributed by atoms with Crippen molar-refractivity contribution in [2.75, 3.05) is 12.8 Å². The zero-order valence-corrected chi connectivity index (χ0v) is 11.9. The van der Waals surface area contributed by atoms with Crippen LogP contribution in [0.4, 0.5) is 0 Å². The molecule has 0 saturated carbocycles. The van der Waals surface area contributed by atoms with Gasteiger partial charge in [-0.2, -0.15) is 0 Å². The third kappa shape index (κ3) is 4.36. The Labute approximate surface area is 116 Å². The molecular weight excluding hydrogens is 266 g/mol. The highest BCUT2D eigenvalue weighted by Gasteiger charge is 2.33. The van der Waals surface area contributed by atoms with E-state index in [1.54, 1.807) is 7.05 Å². The predicted octanol–water partition coefficient (Wildman–Crippen LogP) is 1.09. The van der Waals surface area contributed by atoms with Crippen LogP contribution in [0.2, 0.25) is 0 Å². The normalized spacial score (nSPS) is 14.0. The van der Waals surface area contributed by atoms with Crippen molar-refractivity contribution in [3.05, 3.63) is 22.6 Å². The van der Waals surface area contributed by atoms with Crippen LogP contribution in [-0.4, -0.2) is 39.4 Å². The van der Waals surface area contributed by atoms with Crippen LogP contribution >= 0.6 is 11.8 Å². The second kappa shape index (κ2) is 7.30. The Bertz CT molecular complexity index is 471. The summed E-state index contributed by atoms with van der Waals surface area (Å²) in [6, 6.07) is 1.36. The SMILES string of the molecule is CCC(CCCSc1nccc(=O)[nH]1)(NC)C(=O)O. The molecule has 1 heterocycles. The molecule has 1 aromatic rings. The smallest absolute Gasteiger partial charge is 0.323 e. The number of nitrogens with one attached hydrogen (secondary N) is 2. The third-order valence-corrected chi connectivity index (χ3v) is 4.10. The van der Waals surface area contributed by atoms with Gasteiger partial charge in [0.2, 0.25) is 0 Å². The van der Waals surface area contributed by atoms with Gasteiger partial charge in [-0.3, -0.25) is 9.59 Å². The standard InChI is InChI=1S/C12H19N3O3S/c1-3-12(13-2,10(17)18)6-4-8-19-11-14-7-5-9(16)15-11/h5,7,13H,3-4,6,8H2,1-2H3,(H,17,18)(H,14,15,16). The van der Waals surface area contributed by atoms with E-state index in [0.717, 1.165) is 6.42 Å². The van der Waals surface area contributed by atoms with Crippen molar-refractivity contribution in [1.82, 2.24) is 15.3 Å². The van der Waals surface area contributed by atoms with Crippen LogP contribution in [0.1, 0.15) is 26.2 Å². The van der Waals surface area contributed by atoms with Crippen molar-refractivity contribution in [1.29, 1.82) is 0 Å². The zero-order valence-electron chi connectivity index (χ0n) is 11.1. The molecule has 0 aromatic carbocycles. The summed E-state index contributed by atoms with van der Waals surface area (Å²) in [5.41, 5.74) is -1.04. The minimum absolute atomic E-state index is 0.179. The largest absolute Gasteiger partial charge is 0.480 e. The molecule has 0 aliphatic carbocycles. The Morgan fingerprint density at radius 2 is 2.37 bits per heavy atom. The number of H-pyrrole nitrogens is 1. The van der Waals surface area contributed by atoms with Gasteiger partial charge in [-0.15, -0.1) is 0 Å². The van der Waals surface area contributed by atoms with E-state index in [4.69, 9.17) is 0 Å². The number of aromatic amines is 1. The lowest BCUT2D eigenvalue weighted by Crippen LogP contribution is -2.49. The van der Waals surface area contributed by atoms with E-state index in [0.29, 0.717) is 23.8 Å². The maximum Gasteiger partial charge on any atom is 0.323 e. The van der Waals surface area contributed by atoms with Crippen LogP contribution in [-0.2, 0) is 4.79 Å². The number of carboxylic acids is 1. The lowest BCUT2D eigenvalue weighted by Gasteiger charge is -2.27. The van der Waals surface area contributed by atoms with E-state index in [2.05, 4.69) is 15.3 Å². The lowest BCUT2D eigenvalue weighted by molar-refractivity contribution is -0.145. The number of likely N-dealkylation sites (N-methyl/N-ethyl adjacent to an activating group) is 1. The first kappa shape index (κ1) is 15.7. The third-order valence-electron chi connectivity index (χ3n) is 3.13. The molecule has 0 spiro atoms. The minimum atomic E-state index is -0.863. The van der Waals surface area contributed by atoms with Crippen LogP contribution in [0.15, 0.2) is 22.2 Å². The fourth-order valence-electron chi connectivity index (χ4n) is 1.81. The van der Waals surface area contributed by atoms with Crippen molar-refractivity contribution in [2.45, 2.75) is 36.9 Å². The monoisotopic (exact) mass is 285 g/mol. The maximum atomic E-state index is 11.3. The van der Waals surface area contributed by atoms with Gasteiger partial charge >= 0.3 is 5.97 Å². The van der Waals surface area contributed by atoms with Crippen LogP contribution in [0.5, 0.6) is 0 Å². The van der Waals surface area contributed by atoms with E-state index in [1.165, 1.54) is 24.0 Å². The first-order valence-corrected chi connectivity index (χ1v) is 7.13. The molecule has 0 fully saturated rings. The van der Waals surface area contributed by atoms with Crippen molar-refractivity contribution >= 4 is 17.7 Å². The summed E-state index contributed by atoms with van der Waals surface area (Å²) in [7, 11) is 1.67. The summed E-state index contributed by atoms with van der Waals surface area (Å²) in [6.45, 7) is 1.86. The van der Waals surface area contributed by atoms with Gasteiger partial charge < -0.3 is 15.4 Å². The summed E-state index contributed by atoms with van der Waals surface area (Å²) >= 11 is 1.42. The van der Waals surface area contributed by atoms with Gasteiger partial charge in [0.15, 0.2) is 5.16 Å². The van der Waals surface area contributed by atoms with Crippen molar-refractivity contribution < 1.29 is 9.90 Å². The van der Waals surface area contributed by atoms with E-state index < -0.39 is 11.5 Å². The molecule has 0 aliphatic heterocycles. The number of hydrogen-bond donors (Lipinski definition) is 3. The molecule has 0 aliphatic rings. The summed E-state index contributed by atoms with van der Waals surface area (Å²) < 4.78 is 0. The van der Waals surface area contributed by atoms with E-state index in [1.807, 2.05) is 6.92 Å². The fraction of sp³-hybridized carbons (Fsp3) is 0.583. The molecule has 0 saturated heterocycles. The lowest BCUT2D eigenvalue weighted by atomic mass is 9.91. The maximum absolute atomic E-state index is 11.3. The van der Waals surface area contributed by atoms with Gasteiger partial charge in [0.25, 0.3) is 5.56 Å². The van der Waals surface area contributed by atoms with Gasteiger partial charge in [-0.25, -0.2) is 4.98 Å². The Hall–Kier alpha value is -1.34. The first-order chi connectivity index (χ1) is 9.04. The zero-order chi connectivity index (χ0) is 14.3. The van der Waals surface area contributed by atoms with Crippen molar-refractivity contribution in [3.8, 4) is 0 Å². The van der Waals surface area contributed by atoms with Crippen LogP contribution in [0, 0.1) is 0 Å². The molecule has 19 heavy (non-hydrogen) atoms. The van der Waals surface area contributed by atoms with E-state index in [9.17, 15) is 14.7 Å². The van der Waals surface area contributed by atoms with Crippen LogP contribution in [0.3, 0.4) is 0 Å². The van der Waals surface area contributed by atoms with E-state index >= 15 is 0 Å². The molecule has 106 valence electrons. The molecule has 0 bridgehead atoms. The summed E-state index contributed by atoms with van der Waals surface area (Å²) in [4.78, 5) is 29.0. The highest BCUT2D eigenvalue weighted by atomic mass is 32.2. The number of carbonyl (C=O) groups is 1. The Morgan fingerprint density at radius 1 is 1.63 bits per heavy atom. The summed E-state index contributed by atoms with van der Waals surface area (Å²) in [5.74, 6) is -0.113. The Morgan fingerprint density at radius 3 is 2.89 bits per heavy atom. The van der Waals surface area contributed by atoms with Gasteiger partial charge in [-0.1, -0.05) is 18.7 Å². The number of hydrogen-bond acceptors (Lipinski definition) is 5. The first-order valence-electron chi connectivity index (χ1n) is 6.14. The number of nitrogens with zero attached hydrogens (tertiary/aromatic N) is 1. The van der Waals surface area contributed by atoms with Crippen LogP contribution in [0.25, 0.3) is 0 Å². The van der Waals surface area contributed by atoms with Crippen molar-refractivity contribution in [3.63, 3.8) is 0 Å². The second-order valence-corrected chi connectivity index (χ2v) is 5.27. The predicted molar refractivity (Wildman–Crippen MR) is 74.5 cm³/mol. The molecule has 0 amide bonds. The van der Waals surface area contributed by atoms with Gasteiger partial charge in [-0.05, 0) is 26.3 Å². The summed E-state index contributed by atoms with van der Waals surface area (Å²) in [5, 5.41) is 12.7. The number of thioether (sulfide) groups is 1. The molecule has 3 N–H and O–H groups in total. The topological polar surface area (TPSA) is 95.1 Å². The average Bonchev–Trinajstić information content (AvgIpc) is 2.39. The van der Waals surface area contributed by atoms with Crippen molar-refractivity contribution in [2.24, 2.45) is 0 Å². The van der Waals surface area contributed by atoms with Gasteiger partial charge in [0.1, 0.15) is 5.54 Å². The number of carboxylic acid groups (broad SMARTS) is 1. The molecular formula is C12H19N3O3S. The van der Waals surface area contributed by atoms with Gasteiger partial charge in [0, 0.05) is 18.0 Å². The summed E-state index contributed by atoms with van der Waals surface area (Å²) in [6.07, 6.45) is 3.26. The molecule has 0 radical (unpaired) electrons. The second-order valence-electron chi connectivity index (χ2n) is 4.18. The number of aromatic nitrogens is 2. The molecule has 1 rings (SSSR count). The minimum Gasteiger partial charge on any atom is -0.480 e. The molecule has 7 heteroatoms.